The summed E-state index contributed by atoms with van der Waals surface area (Å²) in [4.78, 5) is 0. The Morgan fingerprint density at radius 3 is 1.90 bits per heavy atom. The van der Waals surface area contributed by atoms with Crippen LogP contribution in [0.5, 0.6) is 0 Å². The molecule has 122 valence electrons. The van der Waals surface area contributed by atoms with Crippen molar-refractivity contribution < 1.29 is 4.74 Å². The average molecular weight is 313 g/mol. The summed E-state index contributed by atoms with van der Waals surface area (Å²) in [5.74, 6) is 0.833. The van der Waals surface area contributed by atoms with E-state index in [-0.39, 0.29) is 0 Å². The van der Waals surface area contributed by atoms with Crippen molar-refractivity contribution >= 4 is 11.6 Å². The first-order valence-corrected chi connectivity index (χ1v) is 8.84. The number of benzene rings is 1. The first-order chi connectivity index (χ1) is 10.1. The van der Waals surface area contributed by atoms with E-state index in [0.717, 1.165) is 12.5 Å². The zero-order chi connectivity index (χ0) is 15.9. The Hall–Kier alpha value is -0.530. The van der Waals surface area contributed by atoms with E-state index in [2.05, 4.69) is 52.0 Å². The maximum Gasteiger partial charge on any atom is 0.0547 e. The van der Waals surface area contributed by atoms with Crippen molar-refractivity contribution in [3.8, 4) is 0 Å². The van der Waals surface area contributed by atoms with Crippen molar-refractivity contribution in [2.75, 3.05) is 12.5 Å². The normalized spacial score (nSPS) is 16.5. The van der Waals surface area contributed by atoms with Gasteiger partial charge < -0.3 is 4.74 Å². The van der Waals surface area contributed by atoms with Crippen LogP contribution in [0.2, 0.25) is 0 Å². The smallest absolute Gasteiger partial charge is 0.0547 e. The molecule has 0 saturated carbocycles. The monoisotopic (exact) mass is 312 g/mol. The quantitative estimate of drug-likeness (QED) is 0.468. The molecule has 0 spiro atoms. The van der Waals surface area contributed by atoms with Gasteiger partial charge in [0.2, 0.25) is 0 Å². The molecule has 1 aliphatic rings. The number of hydrogen-bond donors (Lipinski definition) is 0. The average Bonchev–Trinajstić information content (AvgIpc) is 2.95. The van der Waals surface area contributed by atoms with Crippen molar-refractivity contribution in [1.82, 2.24) is 0 Å². The van der Waals surface area contributed by atoms with Gasteiger partial charge in [-0.05, 0) is 40.0 Å². The van der Waals surface area contributed by atoms with Crippen LogP contribution in [-0.4, -0.2) is 18.6 Å². The summed E-state index contributed by atoms with van der Waals surface area (Å²) >= 11 is 5.44. The van der Waals surface area contributed by atoms with Gasteiger partial charge in [0.25, 0.3) is 0 Å². The SMILES string of the molecule is CC1CCCO1.CCCCCCCl.Cc1ccc(C)cc1. The fourth-order valence-corrected chi connectivity index (χ4v) is 2.09. The van der Waals surface area contributed by atoms with Crippen molar-refractivity contribution in [3.05, 3.63) is 35.4 Å². The zero-order valence-corrected chi connectivity index (χ0v) is 15.1. The molecular weight excluding hydrogens is 280 g/mol. The van der Waals surface area contributed by atoms with Gasteiger partial charge in [-0.25, -0.2) is 0 Å². The third kappa shape index (κ3) is 14.2. The van der Waals surface area contributed by atoms with Gasteiger partial charge in [-0.1, -0.05) is 61.6 Å². The van der Waals surface area contributed by atoms with Crippen molar-refractivity contribution in [1.29, 1.82) is 0 Å². The number of unbranched alkanes of at least 4 members (excludes halogenated alkanes) is 3. The number of aryl methyl sites for hydroxylation is 2. The van der Waals surface area contributed by atoms with E-state index >= 15 is 0 Å². The number of ether oxygens (including phenoxy) is 1. The van der Waals surface area contributed by atoms with E-state index in [0.29, 0.717) is 6.10 Å². The summed E-state index contributed by atoms with van der Waals surface area (Å²) in [5.41, 5.74) is 2.66. The number of hydrogen-bond acceptors (Lipinski definition) is 1. The maximum atomic E-state index is 5.44. The van der Waals surface area contributed by atoms with E-state index in [1.807, 2.05) is 0 Å². The Labute approximate surface area is 137 Å². The minimum atomic E-state index is 0.546. The fraction of sp³-hybridized carbons (Fsp3) is 0.684. The van der Waals surface area contributed by atoms with E-state index in [9.17, 15) is 0 Å². The highest BCUT2D eigenvalue weighted by Crippen LogP contribution is 2.09. The summed E-state index contributed by atoms with van der Waals surface area (Å²) in [6.07, 6.45) is 8.21. The second kappa shape index (κ2) is 14.4. The molecule has 0 aromatic heterocycles. The van der Waals surface area contributed by atoms with Gasteiger partial charge in [-0.3, -0.25) is 0 Å². The van der Waals surface area contributed by atoms with Gasteiger partial charge in [0.15, 0.2) is 0 Å². The molecule has 0 aliphatic carbocycles. The van der Waals surface area contributed by atoms with Gasteiger partial charge in [0.1, 0.15) is 0 Å². The molecule has 0 N–H and O–H groups in total. The van der Waals surface area contributed by atoms with Crippen LogP contribution in [0.15, 0.2) is 24.3 Å². The molecule has 1 aliphatic heterocycles. The molecule has 1 aromatic carbocycles. The van der Waals surface area contributed by atoms with Crippen LogP contribution in [0.3, 0.4) is 0 Å². The molecule has 1 atom stereocenters. The van der Waals surface area contributed by atoms with Crippen molar-refractivity contribution in [2.24, 2.45) is 0 Å². The molecule has 1 unspecified atom stereocenters. The lowest BCUT2D eigenvalue weighted by molar-refractivity contribution is 0.125. The van der Waals surface area contributed by atoms with Gasteiger partial charge >= 0.3 is 0 Å². The predicted octanol–water partition coefficient (Wildman–Crippen LogP) is 6.29. The molecule has 1 nitrogen and oxygen atoms in total. The first kappa shape index (κ1) is 20.5. The molecule has 2 heteroatoms. The van der Waals surface area contributed by atoms with Crippen LogP contribution >= 0.6 is 11.6 Å². The van der Waals surface area contributed by atoms with Crippen molar-refractivity contribution in [3.63, 3.8) is 0 Å². The minimum Gasteiger partial charge on any atom is -0.379 e. The topological polar surface area (TPSA) is 9.23 Å². The summed E-state index contributed by atoms with van der Waals surface area (Å²) in [6, 6.07) is 8.48. The highest BCUT2D eigenvalue weighted by atomic mass is 35.5. The summed E-state index contributed by atoms with van der Waals surface area (Å²) < 4.78 is 5.15. The van der Waals surface area contributed by atoms with Gasteiger partial charge in [0, 0.05) is 12.5 Å². The second-order valence-electron chi connectivity index (χ2n) is 5.73. The summed E-state index contributed by atoms with van der Waals surface area (Å²) in [5, 5.41) is 0. The van der Waals surface area contributed by atoms with Crippen LogP contribution < -0.4 is 0 Å². The molecule has 1 saturated heterocycles. The van der Waals surface area contributed by atoms with E-state index in [1.165, 1.54) is 49.7 Å². The fourth-order valence-electron chi connectivity index (χ4n) is 1.90. The van der Waals surface area contributed by atoms with E-state index < -0.39 is 0 Å². The predicted molar refractivity (Wildman–Crippen MR) is 95.4 cm³/mol. The van der Waals surface area contributed by atoms with Crippen LogP contribution in [0, 0.1) is 13.8 Å². The van der Waals surface area contributed by atoms with Crippen LogP contribution in [0.4, 0.5) is 0 Å². The third-order valence-electron chi connectivity index (χ3n) is 3.36. The molecule has 0 bridgehead atoms. The molecule has 0 amide bonds. The molecule has 2 rings (SSSR count). The molecule has 1 aromatic rings. The van der Waals surface area contributed by atoms with Gasteiger partial charge in [-0.2, -0.15) is 0 Å². The van der Waals surface area contributed by atoms with E-state index in [4.69, 9.17) is 16.3 Å². The number of rotatable bonds is 4. The van der Waals surface area contributed by atoms with Gasteiger partial charge in [-0.15, -0.1) is 11.6 Å². The Balaban J connectivity index is 0.000000289. The van der Waals surface area contributed by atoms with Crippen LogP contribution in [0.1, 0.15) is 63.5 Å². The van der Waals surface area contributed by atoms with Crippen LogP contribution in [-0.2, 0) is 4.74 Å². The van der Waals surface area contributed by atoms with E-state index in [1.54, 1.807) is 0 Å². The molecule has 0 radical (unpaired) electrons. The minimum absolute atomic E-state index is 0.546. The third-order valence-corrected chi connectivity index (χ3v) is 3.63. The highest BCUT2D eigenvalue weighted by molar-refractivity contribution is 6.17. The molecule has 21 heavy (non-hydrogen) atoms. The molecule has 1 heterocycles. The summed E-state index contributed by atoms with van der Waals surface area (Å²) in [6.45, 7) is 9.50. The standard InChI is InChI=1S/C8H10.C6H13Cl.C5H10O/c1-7-3-5-8(2)6-4-7;1-2-3-4-5-6-7;1-5-3-2-4-6-5/h3-6H,1-2H3;2-6H2,1H3;5H,2-4H2,1H3. The number of halogens is 1. The Morgan fingerprint density at radius 1 is 1.05 bits per heavy atom. The molecular formula is C19H33ClO. The maximum absolute atomic E-state index is 5.44. The highest BCUT2D eigenvalue weighted by Gasteiger charge is 2.07. The molecule has 1 fully saturated rings. The van der Waals surface area contributed by atoms with Gasteiger partial charge in [0.05, 0.1) is 6.10 Å². The first-order valence-electron chi connectivity index (χ1n) is 8.31. The zero-order valence-electron chi connectivity index (χ0n) is 14.3. The lowest BCUT2D eigenvalue weighted by Gasteiger charge is -1.94. The Morgan fingerprint density at radius 2 is 1.62 bits per heavy atom. The lowest BCUT2D eigenvalue weighted by atomic mass is 10.2. The van der Waals surface area contributed by atoms with Crippen molar-refractivity contribution in [2.45, 2.75) is 72.3 Å². The lowest BCUT2D eigenvalue weighted by Crippen LogP contribution is -1.94. The largest absolute Gasteiger partial charge is 0.379 e. The van der Waals surface area contributed by atoms with Crippen LogP contribution in [0.25, 0.3) is 0 Å². The Bertz CT molecular complexity index is 290. The Kier molecular flexibility index (Phi) is 14.0. The summed E-state index contributed by atoms with van der Waals surface area (Å²) in [7, 11) is 0. The second-order valence-corrected chi connectivity index (χ2v) is 6.11. The number of alkyl halides is 1.